The minimum Gasteiger partial charge on any atom is -0.503 e. The monoisotopic (exact) mass is 199 g/mol. The molecule has 13 heavy (non-hydrogen) atoms. The molecule has 3 N–H and O–H groups in total. The van der Waals surface area contributed by atoms with E-state index in [9.17, 15) is 5.11 Å². The molecular formula is C9H13NO2S. The number of ether oxygens (including phenoxy) is 1. The van der Waals surface area contributed by atoms with Crippen molar-refractivity contribution in [1.82, 2.24) is 0 Å². The van der Waals surface area contributed by atoms with Gasteiger partial charge < -0.3 is 15.6 Å². The molecule has 0 aromatic heterocycles. The average Bonchev–Trinajstić information content (AvgIpc) is 2.12. The fourth-order valence-electron chi connectivity index (χ4n) is 1.21. The van der Waals surface area contributed by atoms with E-state index in [-0.39, 0.29) is 5.75 Å². The van der Waals surface area contributed by atoms with Crippen LogP contribution in [0.3, 0.4) is 0 Å². The van der Waals surface area contributed by atoms with Crippen LogP contribution in [0.1, 0.15) is 5.56 Å². The molecule has 0 atom stereocenters. The van der Waals surface area contributed by atoms with E-state index < -0.39 is 0 Å². The average molecular weight is 199 g/mol. The number of nitrogen functional groups attached to an aromatic ring is 1. The molecule has 1 aromatic rings. The summed E-state index contributed by atoms with van der Waals surface area (Å²) in [5, 5.41) is 9.57. The van der Waals surface area contributed by atoms with E-state index in [0.29, 0.717) is 11.4 Å². The number of nitrogens with two attached hydrogens (primary N) is 1. The van der Waals surface area contributed by atoms with Crippen molar-refractivity contribution >= 4 is 17.4 Å². The smallest absolute Gasteiger partial charge is 0.182 e. The summed E-state index contributed by atoms with van der Waals surface area (Å²) in [6.45, 7) is 1.93. The van der Waals surface area contributed by atoms with Gasteiger partial charge in [-0.1, -0.05) is 0 Å². The molecule has 0 aliphatic heterocycles. The molecule has 0 fully saturated rings. The molecule has 0 saturated carbocycles. The Labute approximate surface area is 81.9 Å². The Morgan fingerprint density at radius 1 is 1.54 bits per heavy atom. The van der Waals surface area contributed by atoms with Crippen LogP contribution in [-0.4, -0.2) is 18.5 Å². The van der Waals surface area contributed by atoms with Gasteiger partial charge in [-0.2, -0.15) is 0 Å². The van der Waals surface area contributed by atoms with Crippen LogP contribution >= 0.6 is 11.8 Å². The first-order valence-electron chi connectivity index (χ1n) is 3.81. The lowest BCUT2D eigenvalue weighted by Gasteiger charge is -2.11. The molecular weight excluding hydrogens is 186 g/mol. The summed E-state index contributed by atoms with van der Waals surface area (Å²) in [7, 11) is 1.51. The highest BCUT2D eigenvalue weighted by Crippen LogP contribution is 2.40. The second-order valence-corrected chi connectivity index (χ2v) is 3.51. The number of hydrogen-bond acceptors (Lipinski definition) is 4. The van der Waals surface area contributed by atoms with E-state index in [1.165, 1.54) is 18.9 Å². The van der Waals surface area contributed by atoms with Crippen LogP contribution in [0.25, 0.3) is 0 Å². The summed E-state index contributed by atoms with van der Waals surface area (Å²) in [4.78, 5) is 0.901. The number of aryl methyl sites for hydroxylation is 1. The predicted octanol–water partition coefficient (Wildman–Crippen LogP) is 2.01. The summed E-state index contributed by atoms with van der Waals surface area (Å²) >= 11 is 1.51. The van der Waals surface area contributed by atoms with Crippen LogP contribution < -0.4 is 10.5 Å². The van der Waals surface area contributed by atoms with Gasteiger partial charge in [0.15, 0.2) is 11.5 Å². The molecule has 3 nitrogen and oxygen atoms in total. The summed E-state index contributed by atoms with van der Waals surface area (Å²) in [6, 6.07) is 1.78. The van der Waals surface area contributed by atoms with E-state index in [2.05, 4.69) is 0 Å². The van der Waals surface area contributed by atoms with Gasteiger partial charge in [0.25, 0.3) is 0 Å². The fraction of sp³-hybridized carbons (Fsp3) is 0.333. The fourth-order valence-corrected chi connectivity index (χ4v) is 1.91. The summed E-state index contributed by atoms with van der Waals surface area (Å²) in [5.41, 5.74) is 7.13. The number of aromatic hydroxyl groups is 1. The van der Waals surface area contributed by atoms with Crippen LogP contribution in [0.2, 0.25) is 0 Å². The van der Waals surface area contributed by atoms with Crippen molar-refractivity contribution in [3.8, 4) is 11.5 Å². The van der Waals surface area contributed by atoms with Crippen molar-refractivity contribution in [3.63, 3.8) is 0 Å². The zero-order chi connectivity index (χ0) is 10.0. The summed E-state index contributed by atoms with van der Waals surface area (Å²) in [5.74, 6) is 0.449. The van der Waals surface area contributed by atoms with Crippen LogP contribution in [0.5, 0.6) is 11.5 Å². The molecule has 0 saturated heterocycles. The highest BCUT2D eigenvalue weighted by molar-refractivity contribution is 7.98. The molecule has 72 valence electrons. The Hall–Kier alpha value is -1.03. The normalized spacial score (nSPS) is 10.1. The Balaban J connectivity index is 3.37. The van der Waals surface area contributed by atoms with Gasteiger partial charge in [0.2, 0.25) is 0 Å². The van der Waals surface area contributed by atoms with Crippen molar-refractivity contribution < 1.29 is 9.84 Å². The second kappa shape index (κ2) is 3.79. The standard InChI is InChI=1S/C9H13NO2S/c1-5-4-6(12-2)8(11)7(10)9(5)13-3/h4,11H,10H2,1-3H3. The van der Waals surface area contributed by atoms with Crippen molar-refractivity contribution in [2.24, 2.45) is 0 Å². The zero-order valence-corrected chi connectivity index (χ0v) is 8.73. The molecule has 0 unspecified atom stereocenters. The molecule has 0 heterocycles. The highest BCUT2D eigenvalue weighted by Gasteiger charge is 2.12. The van der Waals surface area contributed by atoms with E-state index in [1.54, 1.807) is 6.07 Å². The first-order valence-corrected chi connectivity index (χ1v) is 5.04. The van der Waals surface area contributed by atoms with Gasteiger partial charge >= 0.3 is 0 Å². The molecule has 1 rings (SSSR count). The lowest BCUT2D eigenvalue weighted by Crippen LogP contribution is -1.95. The van der Waals surface area contributed by atoms with Gasteiger partial charge in [-0.25, -0.2) is 0 Å². The quantitative estimate of drug-likeness (QED) is 0.434. The number of anilines is 1. The number of methoxy groups -OCH3 is 1. The maximum absolute atomic E-state index is 9.57. The summed E-state index contributed by atoms with van der Waals surface area (Å²) in [6.07, 6.45) is 1.92. The van der Waals surface area contributed by atoms with Gasteiger partial charge in [-0.15, -0.1) is 11.8 Å². The van der Waals surface area contributed by atoms with Crippen molar-refractivity contribution in [3.05, 3.63) is 11.6 Å². The van der Waals surface area contributed by atoms with Crippen LogP contribution in [0.15, 0.2) is 11.0 Å². The lowest BCUT2D eigenvalue weighted by atomic mass is 10.2. The van der Waals surface area contributed by atoms with Crippen molar-refractivity contribution in [1.29, 1.82) is 0 Å². The van der Waals surface area contributed by atoms with Crippen molar-refractivity contribution in [2.45, 2.75) is 11.8 Å². The zero-order valence-electron chi connectivity index (χ0n) is 7.92. The van der Waals surface area contributed by atoms with Crippen LogP contribution in [0.4, 0.5) is 5.69 Å². The number of phenolic OH excluding ortho intramolecular Hbond substituents is 1. The lowest BCUT2D eigenvalue weighted by molar-refractivity contribution is 0.373. The van der Waals surface area contributed by atoms with Gasteiger partial charge in [0, 0.05) is 4.90 Å². The molecule has 0 bridgehead atoms. The predicted molar refractivity (Wildman–Crippen MR) is 55.6 cm³/mol. The van der Waals surface area contributed by atoms with Gasteiger partial charge in [-0.3, -0.25) is 0 Å². The molecule has 0 radical (unpaired) electrons. The van der Waals surface area contributed by atoms with Gasteiger partial charge in [-0.05, 0) is 24.8 Å². The minimum atomic E-state index is 0.0254. The first kappa shape index (κ1) is 10.1. The third-order valence-electron chi connectivity index (χ3n) is 1.86. The molecule has 0 aliphatic carbocycles. The Bertz CT molecular complexity index is 326. The highest BCUT2D eigenvalue weighted by atomic mass is 32.2. The Morgan fingerprint density at radius 3 is 2.62 bits per heavy atom. The third kappa shape index (κ3) is 1.67. The number of benzene rings is 1. The topological polar surface area (TPSA) is 55.5 Å². The van der Waals surface area contributed by atoms with E-state index in [4.69, 9.17) is 10.5 Å². The molecule has 0 amide bonds. The largest absolute Gasteiger partial charge is 0.503 e. The molecule has 0 aliphatic rings. The SMILES string of the molecule is COc1cc(C)c(SC)c(N)c1O. The maximum atomic E-state index is 9.57. The molecule has 0 spiro atoms. The van der Waals surface area contributed by atoms with E-state index >= 15 is 0 Å². The van der Waals surface area contributed by atoms with Gasteiger partial charge in [0.1, 0.15) is 0 Å². The Morgan fingerprint density at radius 2 is 2.15 bits per heavy atom. The van der Waals surface area contributed by atoms with E-state index in [0.717, 1.165) is 10.5 Å². The second-order valence-electron chi connectivity index (χ2n) is 2.69. The van der Waals surface area contributed by atoms with Crippen molar-refractivity contribution in [2.75, 3.05) is 19.1 Å². The minimum absolute atomic E-state index is 0.0254. The Kier molecular flexibility index (Phi) is 2.93. The maximum Gasteiger partial charge on any atom is 0.182 e. The third-order valence-corrected chi connectivity index (χ3v) is 2.81. The first-order chi connectivity index (χ1) is 6.11. The van der Waals surface area contributed by atoms with Crippen LogP contribution in [0, 0.1) is 6.92 Å². The number of phenols is 1. The number of hydrogen-bond donors (Lipinski definition) is 2. The van der Waals surface area contributed by atoms with Crippen LogP contribution in [-0.2, 0) is 0 Å². The molecule has 4 heteroatoms. The summed E-state index contributed by atoms with van der Waals surface area (Å²) < 4.78 is 4.97. The van der Waals surface area contributed by atoms with Gasteiger partial charge in [0.05, 0.1) is 12.8 Å². The number of thioether (sulfide) groups is 1. The number of rotatable bonds is 2. The molecule has 1 aromatic carbocycles. The van der Waals surface area contributed by atoms with E-state index in [1.807, 2.05) is 13.2 Å².